The highest BCUT2D eigenvalue weighted by molar-refractivity contribution is 6.29. The lowest BCUT2D eigenvalue weighted by Gasteiger charge is -2.40. The molecule has 0 bridgehead atoms. The van der Waals surface area contributed by atoms with Gasteiger partial charge in [0, 0.05) is 11.4 Å². The molecule has 2 amide bonds. The lowest BCUT2D eigenvalue weighted by molar-refractivity contribution is -0.134. The van der Waals surface area contributed by atoms with Crippen molar-refractivity contribution < 1.29 is 14.7 Å². The summed E-state index contributed by atoms with van der Waals surface area (Å²) in [5.41, 5.74) is 1.72. The number of carbonyl (C=O) groups is 2. The van der Waals surface area contributed by atoms with Gasteiger partial charge < -0.3 is 5.11 Å². The monoisotopic (exact) mass is 520 g/mol. The molecule has 0 saturated heterocycles. The first-order chi connectivity index (χ1) is 18.9. The van der Waals surface area contributed by atoms with Crippen LogP contribution in [0.3, 0.4) is 0 Å². The number of benzene rings is 3. The molecule has 0 spiro atoms. The van der Waals surface area contributed by atoms with E-state index in [-0.39, 0.29) is 5.91 Å². The Morgan fingerprint density at radius 1 is 0.667 bits per heavy atom. The maximum atomic E-state index is 14.7. The predicted octanol–water partition coefficient (Wildman–Crippen LogP) is 4.27. The SMILES string of the molecule is CC1=NN(c2ccccc2)C(=O)C1C1(C2C(C)=NN(c3ccccc3)C2O)C(=O)N(c2ccccc2)N=C1C. The zero-order valence-corrected chi connectivity index (χ0v) is 21.8. The third kappa shape index (κ3) is 3.61. The number of hydrogen-bond acceptors (Lipinski definition) is 7. The van der Waals surface area contributed by atoms with Crippen LogP contribution < -0.4 is 15.0 Å². The fourth-order valence-electron chi connectivity index (χ4n) is 6.07. The van der Waals surface area contributed by atoms with Crippen LogP contribution in [0, 0.1) is 17.3 Å². The van der Waals surface area contributed by atoms with Gasteiger partial charge >= 0.3 is 0 Å². The fourth-order valence-corrected chi connectivity index (χ4v) is 6.07. The Kier molecular flexibility index (Phi) is 5.88. The number of hydrogen-bond donors (Lipinski definition) is 1. The molecule has 3 aromatic rings. The quantitative estimate of drug-likeness (QED) is 0.543. The Morgan fingerprint density at radius 3 is 1.74 bits per heavy atom. The molecule has 3 aromatic carbocycles. The topological polar surface area (TPSA) is 101 Å². The van der Waals surface area contributed by atoms with Gasteiger partial charge in [0.1, 0.15) is 11.3 Å². The van der Waals surface area contributed by atoms with Crippen molar-refractivity contribution in [2.45, 2.75) is 27.0 Å². The highest BCUT2D eigenvalue weighted by Gasteiger charge is 2.68. The van der Waals surface area contributed by atoms with Crippen molar-refractivity contribution in [3.8, 4) is 0 Å². The first-order valence-electron chi connectivity index (χ1n) is 12.8. The van der Waals surface area contributed by atoms with Gasteiger partial charge in [0.05, 0.1) is 28.7 Å². The molecule has 3 aliphatic heterocycles. The molecule has 9 nitrogen and oxygen atoms in total. The number of carbonyl (C=O) groups excluding carboxylic acids is 2. The van der Waals surface area contributed by atoms with Gasteiger partial charge in [0.2, 0.25) is 0 Å². The lowest BCUT2D eigenvalue weighted by Crippen LogP contribution is -2.59. The van der Waals surface area contributed by atoms with E-state index in [9.17, 15) is 14.7 Å². The molecule has 0 fully saturated rings. The Labute approximate surface area is 226 Å². The van der Waals surface area contributed by atoms with Gasteiger partial charge in [-0.05, 0) is 57.2 Å². The molecule has 9 heteroatoms. The summed E-state index contributed by atoms with van der Waals surface area (Å²) in [5, 5.41) is 30.0. The molecule has 0 saturated carbocycles. The van der Waals surface area contributed by atoms with Crippen LogP contribution in [0.25, 0.3) is 0 Å². The van der Waals surface area contributed by atoms with E-state index in [1.54, 1.807) is 45.0 Å². The zero-order chi connectivity index (χ0) is 27.3. The van der Waals surface area contributed by atoms with Crippen molar-refractivity contribution in [2.75, 3.05) is 15.0 Å². The van der Waals surface area contributed by atoms with Crippen molar-refractivity contribution in [2.24, 2.45) is 32.6 Å². The van der Waals surface area contributed by atoms with Gasteiger partial charge in [-0.3, -0.25) is 9.59 Å². The summed E-state index contributed by atoms with van der Waals surface area (Å²) in [6.07, 6.45) is -1.22. The summed E-state index contributed by atoms with van der Waals surface area (Å²) in [7, 11) is 0. The van der Waals surface area contributed by atoms with E-state index in [1.807, 2.05) is 66.7 Å². The van der Waals surface area contributed by atoms with Crippen LogP contribution in [-0.2, 0) is 9.59 Å². The molecule has 3 aliphatic rings. The minimum absolute atomic E-state index is 0.352. The molecule has 196 valence electrons. The maximum absolute atomic E-state index is 14.7. The number of rotatable bonds is 5. The molecule has 0 aliphatic carbocycles. The highest BCUT2D eigenvalue weighted by atomic mass is 16.3. The first kappa shape index (κ1) is 24.7. The third-order valence-electron chi connectivity index (χ3n) is 7.76. The van der Waals surface area contributed by atoms with Gasteiger partial charge in [0.25, 0.3) is 11.8 Å². The van der Waals surface area contributed by atoms with Crippen molar-refractivity contribution in [3.05, 3.63) is 91.0 Å². The molecular weight excluding hydrogens is 492 g/mol. The van der Waals surface area contributed by atoms with Crippen LogP contribution in [0.5, 0.6) is 0 Å². The van der Waals surface area contributed by atoms with E-state index in [0.717, 1.165) is 0 Å². The number of para-hydroxylation sites is 3. The van der Waals surface area contributed by atoms with Crippen molar-refractivity contribution in [1.82, 2.24) is 0 Å². The Bertz CT molecular complexity index is 1520. The Balaban J connectivity index is 1.51. The van der Waals surface area contributed by atoms with E-state index in [2.05, 4.69) is 10.2 Å². The predicted molar refractivity (Wildman–Crippen MR) is 152 cm³/mol. The molecule has 4 unspecified atom stereocenters. The number of aliphatic hydroxyl groups is 1. The van der Waals surface area contributed by atoms with E-state index in [1.165, 1.54) is 15.0 Å². The van der Waals surface area contributed by atoms with Crippen molar-refractivity contribution in [3.63, 3.8) is 0 Å². The second kappa shape index (κ2) is 9.28. The van der Waals surface area contributed by atoms with E-state index >= 15 is 0 Å². The van der Waals surface area contributed by atoms with Crippen molar-refractivity contribution >= 4 is 46.0 Å². The molecule has 6 rings (SSSR count). The number of hydrazone groups is 3. The molecular formula is C30H28N6O3. The van der Waals surface area contributed by atoms with E-state index in [4.69, 9.17) is 5.10 Å². The van der Waals surface area contributed by atoms with E-state index < -0.39 is 29.4 Å². The number of anilines is 3. The first-order valence-corrected chi connectivity index (χ1v) is 12.8. The molecule has 1 N–H and O–H groups in total. The average molecular weight is 521 g/mol. The largest absolute Gasteiger partial charge is 0.371 e. The van der Waals surface area contributed by atoms with Crippen LogP contribution in [0.2, 0.25) is 0 Å². The number of aliphatic hydroxyl groups excluding tert-OH is 1. The van der Waals surface area contributed by atoms with Crippen LogP contribution in [0.1, 0.15) is 20.8 Å². The molecule has 39 heavy (non-hydrogen) atoms. The number of amides is 2. The molecule has 3 heterocycles. The van der Waals surface area contributed by atoms with Gasteiger partial charge in [-0.1, -0.05) is 54.6 Å². The normalized spacial score (nSPS) is 26.7. The minimum atomic E-state index is -1.55. The Hall–Kier alpha value is -4.63. The summed E-state index contributed by atoms with van der Waals surface area (Å²) >= 11 is 0. The summed E-state index contributed by atoms with van der Waals surface area (Å²) in [6, 6.07) is 27.5. The summed E-state index contributed by atoms with van der Waals surface area (Å²) in [4.78, 5) is 28.9. The van der Waals surface area contributed by atoms with Crippen LogP contribution in [0.15, 0.2) is 106 Å². The molecule has 0 radical (unpaired) electrons. The molecule has 4 atom stereocenters. The molecule has 0 aromatic heterocycles. The summed E-state index contributed by atoms with van der Waals surface area (Å²) < 4.78 is 0. The lowest BCUT2D eigenvalue weighted by atomic mass is 9.60. The van der Waals surface area contributed by atoms with Crippen molar-refractivity contribution in [1.29, 1.82) is 0 Å². The summed E-state index contributed by atoms with van der Waals surface area (Å²) in [5.74, 6) is -2.61. The van der Waals surface area contributed by atoms with Gasteiger partial charge in [-0.15, -0.1) is 0 Å². The second-order valence-corrected chi connectivity index (χ2v) is 9.98. The zero-order valence-electron chi connectivity index (χ0n) is 21.8. The Morgan fingerprint density at radius 2 is 1.18 bits per heavy atom. The van der Waals surface area contributed by atoms with Gasteiger partial charge in [-0.25, -0.2) is 10.0 Å². The van der Waals surface area contributed by atoms with E-state index in [0.29, 0.717) is 34.2 Å². The number of nitrogens with zero attached hydrogens (tertiary/aromatic N) is 6. The van der Waals surface area contributed by atoms with Gasteiger partial charge in [0.15, 0.2) is 6.23 Å². The van der Waals surface area contributed by atoms with Crippen LogP contribution in [-0.4, -0.2) is 40.3 Å². The smallest absolute Gasteiger partial charge is 0.261 e. The third-order valence-corrected chi connectivity index (χ3v) is 7.76. The second-order valence-electron chi connectivity index (χ2n) is 9.98. The average Bonchev–Trinajstić information content (AvgIpc) is 3.53. The van der Waals surface area contributed by atoms with Crippen LogP contribution >= 0.6 is 0 Å². The maximum Gasteiger partial charge on any atom is 0.261 e. The fraction of sp³-hybridized carbons (Fsp3) is 0.233. The standard InChI is InChI=1S/C30H28N6O3/c1-19-25(27(37)34(31-19)22-13-7-4-8-14-22)30(21(3)33-36(29(30)39)24-17-11-6-12-18-24)26-20(2)32-35(28(26)38)23-15-9-5-10-16-23/h4-18,25-27,37H,1-3H3. The minimum Gasteiger partial charge on any atom is -0.371 e. The highest BCUT2D eigenvalue weighted by Crippen LogP contribution is 2.52. The van der Waals surface area contributed by atoms with Crippen LogP contribution in [0.4, 0.5) is 17.1 Å². The summed E-state index contributed by atoms with van der Waals surface area (Å²) in [6.45, 7) is 5.28. The van der Waals surface area contributed by atoms with Gasteiger partial charge in [-0.2, -0.15) is 20.3 Å².